The van der Waals surface area contributed by atoms with Gasteiger partial charge in [0.1, 0.15) is 5.75 Å². The van der Waals surface area contributed by atoms with Gasteiger partial charge in [-0.2, -0.15) is 4.57 Å². The lowest BCUT2D eigenvalue weighted by Gasteiger charge is -2.28. The van der Waals surface area contributed by atoms with Crippen LogP contribution in [0.25, 0.3) is 17.0 Å². The van der Waals surface area contributed by atoms with E-state index in [1.165, 1.54) is 0 Å². The van der Waals surface area contributed by atoms with E-state index in [0.29, 0.717) is 27.7 Å². The molecule has 3 aromatic rings. The molecule has 2 aromatic carbocycles. The van der Waals surface area contributed by atoms with E-state index in [9.17, 15) is 4.57 Å². The van der Waals surface area contributed by atoms with Gasteiger partial charge in [0.25, 0.3) is 5.88 Å². The topological polar surface area (TPSA) is 72.9 Å². The predicted octanol–water partition coefficient (Wildman–Crippen LogP) is 7.59. The fraction of sp³-hybridized carbons (Fsp3) is 0.346. The van der Waals surface area contributed by atoms with Crippen LogP contribution in [-0.2, 0) is 4.57 Å². The highest BCUT2D eigenvalue weighted by atomic mass is 35.5. The average Bonchev–Trinajstić information content (AvgIpc) is 3.11. The van der Waals surface area contributed by atoms with E-state index in [4.69, 9.17) is 36.8 Å². The molecule has 7 nitrogen and oxygen atoms in total. The number of anilines is 1. The van der Waals surface area contributed by atoms with Crippen molar-refractivity contribution in [1.82, 2.24) is 9.88 Å². The average molecular weight is 548 g/mol. The second-order valence-corrected chi connectivity index (χ2v) is 11.4. The number of nitrogens with one attached hydrogen (secondary N) is 1. The van der Waals surface area contributed by atoms with Gasteiger partial charge in [0.2, 0.25) is 5.75 Å². The number of phosphoric acid groups is 1. The molecule has 0 saturated heterocycles. The van der Waals surface area contributed by atoms with Gasteiger partial charge in [-0.25, -0.2) is 4.98 Å². The van der Waals surface area contributed by atoms with Crippen LogP contribution in [-0.4, -0.2) is 34.5 Å². The van der Waals surface area contributed by atoms with Gasteiger partial charge >= 0.3 is 7.82 Å². The number of alkyl halides is 1. The standard InChI is InChI=1S/C26H28Cl2N3O4P/c1-4-31(17(3)27)15-14-18(12-13-19-8-5-6-9-20(19)28)16(2)29-24-23-21-10-7-11-22(23)33-36(32)34-25(24)26(30-21)35-36/h5-13,16-18H,4,14-15H2,1-3H3,(H,29,30)/b13-12+. The molecule has 190 valence electrons. The minimum atomic E-state index is -3.79. The van der Waals surface area contributed by atoms with Crippen LogP contribution in [0.2, 0.25) is 5.02 Å². The summed E-state index contributed by atoms with van der Waals surface area (Å²) in [6, 6.07) is 13.1. The van der Waals surface area contributed by atoms with Crippen molar-refractivity contribution in [2.45, 2.75) is 38.7 Å². The highest BCUT2D eigenvalue weighted by molar-refractivity contribution is 7.50. The first kappa shape index (κ1) is 25.2. The molecule has 2 aliphatic heterocycles. The molecule has 5 rings (SSSR count). The number of phosphoric ester groups is 1. The number of pyridine rings is 1. The quantitative estimate of drug-likeness (QED) is 0.159. The molecule has 0 fully saturated rings. The van der Waals surface area contributed by atoms with Crippen molar-refractivity contribution in [3.05, 3.63) is 59.1 Å². The molecule has 0 radical (unpaired) electrons. The summed E-state index contributed by atoms with van der Waals surface area (Å²) in [6.07, 6.45) is 5.08. The number of benzene rings is 2. The van der Waals surface area contributed by atoms with Crippen molar-refractivity contribution in [3.8, 4) is 17.4 Å². The van der Waals surface area contributed by atoms with Crippen LogP contribution in [0.15, 0.2) is 48.5 Å². The Labute approximate surface area is 221 Å². The Bertz CT molecular complexity index is 1370. The second-order valence-electron chi connectivity index (χ2n) is 8.96. The van der Waals surface area contributed by atoms with E-state index < -0.39 is 7.82 Å². The lowest BCUT2D eigenvalue weighted by molar-refractivity contribution is 0.257. The van der Waals surface area contributed by atoms with Gasteiger partial charge < -0.3 is 18.9 Å². The molecule has 0 amide bonds. The third kappa shape index (κ3) is 4.90. The van der Waals surface area contributed by atoms with Gasteiger partial charge in [0, 0.05) is 17.6 Å². The third-order valence-electron chi connectivity index (χ3n) is 6.61. The molecular weight excluding hydrogens is 520 g/mol. The van der Waals surface area contributed by atoms with Gasteiger partial charge in [0.05, 0.1) is 22.1 Å². The predicted molar refractivity (Wildman–Crippen MR) is 145 cm³/mol. The van der Waals surface area contributed by atoms with Crippen LogP contribution in [0, 0.1) is 5.92 Å². The summed E-state index contributed by atoms with van der Waals surface area (Å²) in [5.41, 5.74) is 2.24. The fourth-order valence-electron chi connectivity index (χ4n) is 4.59. The third-order valence-corrected chi connectivity index (χ3v) is 8.45. The number of nitrogens with zero attached hydrogens (tertiary/aromatic N) is 2. The lowest BCUT2D eigenvalue weighted by atomic mass is 9.94. The minimum Gasteiger partial charge on any atom is -0.385 e. The second kappa shape index (κ2) is 10.1. The maximum absolute atomic E-state index is 12.9. The fourth-order valence-corrected chi connectivity index (χ4v) is 6.25. The largest absolute Gasteiger partial charge is 0.648 e. The van der Waals surface area contributed by atoms with Crippen molar-refractivity contribution >= 4 is 53.7 Å². The number of hydrogen-bond acceptors (Lipinski definition) is 7. The van der Waals surface area contributed by atoms with Gasteiger partial charge in [0.15, 0.2) is 0 Å². The van der Waals surface area contributed by atoms with Crippen LogP contribution in [0.3, 0.4) is 0 Å². The molecule has 1 aromatic heterocycles. The summed E-state index contributed by atoms with van der Waals surface area (Å²) in [6.45, 7) is 7.88. The van der Waals surface area contributed by atoms with Crippen molar-refractivity contribution < 1.29 is 18.1 Å². The summed E-state index contributed by atoms with van der Waals surface area (Å²) in [4.78, 5) is 6.71. The lowest BCUT2D eigenvalue weighted by Crippen LogP contribution is -2.33. The highest BCUT2D eigenvalue weighted by Crippen LogP contribution is 2.65. The molecule has 4 atom stereocenters. The smallest absolute Gasteiger partial charge is 0.385 e. The molecule has 3 bridgehead atoms. The van der Waals surface area contributed by atoms with E-state index in [1.807, 2.05) is 43.3 Å². The van der Waals surface area contributed by atoms with Gasteiger partial charge in [-0.3, -0.25) is 4.90 Å². The molecule has 0 aliphatic carbocycles. The minimum absolute atomic E-state index is 0.0440. The molecule has 0 spiro atoms. The van der Waals surface area contributed by atoms with E-state index >= 15 is 0 Å². The molecule has 10 heteroatoms. The molecular formula is C26H28Cl2N3O4P. The number of aromatic nitrogens is 1. The maximum atomic E-state index is 12.9. The zero-order valence-corrected chi connectivity index (χ0v) is 22.7. The monoisotopic (exact) mass is 547 g/mol. The van der Waals surface area contributed by atoms with Crippen molar-refractivity contribution in [1.29, 1.82) is 0 Å². The molecule has 0 saturated carbocycles. The number of hydrogen-bond donors (Lipinski definition) is 1. The van der Waals surface area contributed by atoms with Crippen LogP contribution >= 0.6 is 31.0 Å². The Morgan fingerprint density at radius 1 is 1.14 bits per heavy atom. The normalized spacial score (nSPS) is 20.3. The van der Waals surface area contributed by atoms with Crippen LogP contribution in [0.4, 0.5) is 5.69 Å². The Morgan fingerprint density at radius 2 is 1.94 bits per heavy atom. The number of halogens is 2. The molecule has 36 heavy (non-hydrogen) atoms. The van der Waals surface area contributed by atoms with E-state index in [2.05, 4.69) is 41.2 Å². The summed E-state index contributed by atoms with van der Waals surface area (Å²) in [5, 5.41) is 5.03. The van der Waals surface area contributed by atoms with Crippen LogP contribution in [0.5, 0.6) is 17.4 Å². The van der Waals surface area contributed by atoms with Crippen molar-refractivity contribution in [2.75, 3.05) is 18.4 Å². The summed E-state index contributed by atoms with van der Waals surface area (Å²) in [7, 11) is -3.79. The summed E-state index contributed by atoms with van der Waals surface area (Å²) in [5.74, 6) is 1.02. The van der Waals surface area contributed by atoms with E-state index in [-0.39, 0.29) is 23.3 Å². The molecule has 4 unspecified atom stereocenters. The highest BCUT2D eigenvalue weighted by Gasteiger charge is 2.47. The molecule has 2 aliphatic rings. The zero-order valence-electron chi connectivity index (χ0n) is 20.3. The molecule has 3 heterocycles. The number of rotatable bonds is 10. The first-order valence-corrected chi connectivity index (χ1v) is 14.3. The van der Waals surface area contributed by atoms with Gasteiger partial charge in [-0.15, -0.1) is 11.6 Å². The Morgan fingerprint density at radius 3 is 2.69 bits per heavy atom. The Hall–Kier alpha value is -2.44. The van der Waals surface area contributed by atoms with Crippen LogP contribution in [0.1, 0.15) is 32.8 Å². The van der Waals surface area contributed by atoms with Crippen molar-refractivity contribution in [2.24, 2.45) is 5.92 Å². The van der Waals surface area contributed by atoms with Gasteiger partial charge in [-0.1, -0.05) is 54.9 Å². The number of fused-ring (bicyclic) bond motifs is 1. The van der Waals surface area contributed by atoms with E-state index in [0.717, 1.165) is 30.5 Å². The molecule has 1 N–H and O–H groups in total. The zero-order chi connectivity index (χ0) is 25.4. The van der Waals surface area contributed by atoms with Crippen molar-refractivity contribution in [3.63, 3.8) is 0 Å². The van der Waals surface area contributed by atoms with E-state index in [1.54, 1.807) is 6.07 Å². The first-order chi connectivity index (χ1) is 17.3. The summed E-state index contributed by atoms with van der Waals surface area (Å²) < 4.78 is 29.8. The maximum Gasteiger partial charge on any atom is 0.648 e. The summed E-state index contributed by atoms with van der Waals surface area (Å²) >= 11 is 12.8. The van der Waals surface area contributed by atoms with Gasteiger partial charge in [-0.05, 0) is 56.5 Å². The Kier molecular flexibility index (Phi) is 7.10. The first-order valence-electron chi connectivity index (χ1n) is 12.0. The Balaban J connectivity index is 1.48. The SMILES string of the molecule is CCN(CCC(/C=C/c1ccccc1Cl)C(C)Nc1c2c3nc4cccc(c14)OP(=O)(O3)O2)C(C)Cl. The van der Waals surface area contributed by atoms with Crippen LogP contribution < -0.4 is 18.9 Å².